The summed E-state index contributed by atoms with van der Waals surface area (Å²) in [6, 6.07) is 12.5. The van der Waals surface area contributed by atoms with Gasteiger partial charge in [0.2, 0.25) is 5.91 Å². The number of ether oxygens (including phenoxy) is 1. The number of carbonyl (C=O) groups is 2. The Labute approximate surface area is 170 Å². The lowest BCUT2D eigenvalue weighted by Gasteiger charge is -2.19. The van der Waals surface area contributed by atoms with E-state index in [1.807, 2.05) is 18.4 Å². The highest BCUT2D eigenvalue weighted by Crippen LogP contribution is 2.25. The highest BCUT2D eigenvalue weighted by molar-refractivity contribution is 7.98. The lowest BCUT2D eigenvalue weighted by atomic mass is 10.1. The van der Waals surface area contributed by atoms with Gasteiger partial charge in [-0.3, -0.25) is 9.59 Å². The number of hydrogen-bond donors (Lipinski definition) is 2. The molecule has 0 heterocycles. The van der Waals surface area contributed by atoms with Crippen LogP contribution in [0.3, 0.4) is 0 Å². The van der Waals surface area contributed by atoms with Gasteiger partial charge in [-0.15, -0.1) is 0 Å². The maximum Gasteiger partial charge on any atom is 0.255 e. The van der Waals surface area contributed by atoms with E-state index in [4.69, 9.17) is 4.74 Å². The Kier molecular flexibility index (Phi) is 6.98. The summed E-state index contributed by atoms with van der Waals surface area (Å²) in [6.07, 6.45) is 5.86. The number of hydrogen-bond acceptors (Lipinski definition) is 4. The Morgan fingerprint density at radius 2 is 1.93 bits per heavy atom. The van der Waals surface area contributed by atoms with E-state index < -0.39 is 6.04 Å². The van der Waals surface area contributed by atoms with E-state index in [0.29, 0.717) is 17.7 Å². The van der Waals surface area contributed by atoms with Gasteiger partial charge in [0.05, 0.1) is 12.7 Å². The Morgan fingerprint density at radius 1 is 1.14 bits per heavy atom. The predicted octanol–water partition coefficient (Wildman–Crippen LogP) is 3.67. The van der Waals surface area contributed by atoms with Crippen molar-refractivity contribution in [2.75, 3.05) is 24.4 Å². The van der Waals surface area contributed by atoms with Crippen LogP contribution in [0, 0.1) is 0 Å². The van der Waals surface area contributed by atoms with Crippen molar-refractivity contribution in [3.63, 3.8) is 0 Å². The smallest absolute Gasteiger partial charge is 0.255 e. The third-order valence-electron chi connectivity index (χ3n) is 4.95. The molecule has 3 rings (SSSR count). The molecule has 28 heavy (non-hydrogen) atoms. The molecule has 0 bridgehead atoms. The van der Waals surface area contributed by atoms with Gasteiger partial charge in [-0.25, -0.2) is 0 Å². The molecule has 1 aliphatic carbocycles. The third-order valence-corrected chi connectivity index (χ3v) is 5.59. The maximum atomic E-state index is 12.9. The molecule has 1 aliphatic rings. The Morgan fingerprint density at radius 3 is 2.71 bits per heavy atom. The van der Waals surface area contributed by atoms with Crippen LogP contribution < -0.4 is 15.4 Å². The SMILES string of the molecule is COc1ccccc1C(=O)NC(CCSC)C(=O)Nc1ccc2c(c1)CCC2. The monoisotopic (exact) mass is 398 g/mol. The fourth-order valence-electron chi connectivity index (χ4n) is 3.45. The number of benzene rings is 2. The number of methoxy groups -OCH3 is 1. The summed E-state index contributed by atoms with van der Waals surface area (Å²) in [6.45, 7) is 0. The summed E-state index contributed by atoms with van der Waals surface area (Å²) in [5, 5.41) is 5.84. The third kappa shape index (κ3) is 4.87. The van der Waals surface area contributed by atoms with Gasteiger partial charge in [-0.2, -0.15) is 11.8 Å². The van der Waals surface area contributed by atoms with E-state index >= 15 is 0 Å². The number of para-hydroxylation sites is 1. The number of aryl methyl sites for hydroxylation is 2. The van der Waals surface area contributed by atoms with E-state index in [1.54, 1.807) is 36.0 Å². The van der Waals surface area contributed by atoms with E-state index in [9.17, 15) is 9.59 Å². The van der Waals surface area contributed by atoms with Crippen LogP contribution in [0.5, 0.6) is 5.75 Å². The molecular formula is C22H26N2O3S. The van der Waals surface area contributed by atoms with Crippen molar-refractivity contribution in [3.05, 3.63) is 59.2 Å². The standard InChI is InChI=1S/C22H26N2O3S/c1-27-20-9-4-3-8-18(20)21(25)24-19(12-13-28-2)22(26)23-17-11-10-15-6-5-7-16(15)14-17/h3-4,8-11,14,19H,5-7,12-13H2,1-2H3,(H,23,26)(H,24,25). The predicted molar refractivity (Wildman–Crippen MR) is 114 cm³/mol. The number of carbonyl (C=O) groups excluding carboxylic acids is 2. The van der Waals surface area contributed by atoms with Crippen molar-refractivity contribution in [2.45, 2.75) is 31.7 Å². The fraction of sp³-hybridized carbons (Fsp3) is 0.364. The minimum atomic E-state index is -0.613. The van der Waals surface area contributed by atoms with E-state index in [1.165, 1.54) is 18.2 Å². The van der Waals surface area contributed by atoms with E-state index in [-0.39, 0.29) is 11.8 Å². The minimum absolute atomic E-state index is 0.199. The summed E-state index contributed by atoms with van der Waals surface area (Å²) in [7, 11) is 1.53. The molecule has 148 valence electrons. The molecule has 2 amide bonds. The van der Waals surface area contributed by atoms with Crippen molar-refractivity contribution in [1.82, 2.24) is 5.32 Å². The number of thioether (sulfide) groups is 1. The summed E-state index contributed by atoms with van der Waals surface area (Å²) in [5.41, 5.74) is 3.87. The molecule has 1 unspecified atom stereocenters. The van der Waals surface area contributed by atoms with Gasteiger partial charge in [0, 0.05) is 5.69 Å². The van der Waals surface area contributed by atoms with Crippen LogP contribution >= 0.6 is 11.8 Å². The quantitative estimate of drug-likeness (QED) is 0.712. The summed E-state index contributed by atoms with van der Waals surface area (Å²) >= 11 is 1.64. The molecule has 2 aromatic carbocycles. The van der Waals surface area contributed by atoms with Gasteiger partial charge in [0.1, 0.15) is 11.8 Å². The molecule has 0 radical (unpaired) electrons. The van der Waals surface area contributed by atoms with Crippen LogP contribution in [0.25, 0.3) is 0 Å². The van der Waals surface area contributed by atoms with Gasteiger partial charge >= 0.3 is 0 Å². The first-order chi connectivity index (χ1) is 13.6. The maximum absolute atomic E-state index is 12.9. The molecule has 0 aromatic heterocycles. The minimum Gasteiger partial charge on any atom is -0.496 e. The van der Waals surface area contributed by atoms with Crippen LogP contribution in [0.1, 0.15) is 34.3 Å². The summed E-state index contributed by atoms with van der Waals surface area (Å²) in [5.74, 6) is 0.750. The first-order valence-corrected chi connectivity index (χ1v) is 10.9. The molecule has 0 fully saturated rings. The molecule has 0 saturated carbocycles. The molecular weight excluding hydrogens is 372 g/mol. The number of rotatable bonds is 8. The Balaban J connectivity index is 1.71. The largest absolute Gasteiger partial charge is 0.496 e. The van der Waals surface area contributed by atoms with Crippen molar-refractivity contribution in [2.24, 2.45) is 0 Å². The first-order valence-electron chi connectivity index (χ1n) is 9.48. The molecule has 6 heteroatoms. The van der Waals surface area contributed by atoms with Crippen LogP contribution in [0.15, 0.2) is 42.5 Å². The van der Waals surface area contributed by atoms with Crippen molar-refractivity contribution in [3.8, 4) is 5.75 Å². The average molecular weight is 399 g/mol. The fourth-order valence-corrected chi connectivity index (χ4v) is 3.92. The van der Waals surface area contributed by atoms with Crippen LogP contribution in [0.4, 0.5) is 5.69 Å². The lowest BCUT2D eigenvalue weighted by molar-refractivity contribution is -0.118. The Hall–Kier alpha value is -2.47. The summed E-state index contributed by atoms with van der Waals surface area (Å²) < 4.78 is 5.26. The molecule has 0 saturated heterocycles. The highest BCUT2D eigenvalue weighted by Gasteiger charge is 2.23. The van der Waals surface area contributed by atoms with Gasteiger partial charge in [-0.1, -0.05) is 18.2 Å². The van der Waals surface area contributed by atoms with E-state index in [2.05, 4.69) is 16.7 Å². The second kappa shape index (κ2) is 9.64. The average Bonchev–Trinajstić information content (AvgIpc) is 3.18. The topological polar surface area (TPSA) is 67.4 Å². The zero-order chi connectivity index (χ0) is 19.9. The van der Waals surface area contributed by atoms with Crippen LogP contribution in [-0.2, 0) is 17.6 Å². The number of fused-ring (bicyclic) bond motifs is 1. The molecule has 5 nitrogen and oxygen atoms in total. The zero-order valence-electron chi connectivity index (χ0n) is 16.3. The normalized spacial score (nSPS) is 13.5. The molecule has 1 atom stereocenters. The first kappa shape index (κ1) is 20.3. The second-order valence-corrected chi connectivity index (χ2v) is 7.82. The van der Waals surface area contributed by atoms with E-state index in [0.717, 1.165) is 30.7 Å². The van der Waals surface area contributed by atoms with Crippen LogP contribution in [-0.4, -0.2) is 37.0 Å². The molecule has 0 aliphatic heterocycles. The van der Waals surface area contributed by atoms with Gasteiger partial charge in [0.15, 0.2) is 0 Å². The number of anilines is 1. The van der Waals surface area contributed by atoms with Gasteiger partial charge in [-0.05, 0) is 73.1 Å². The van der Waals surface area contributed by atoms with Crippen molar-refractivity contribution in [1.29, 1.82) is 0 Å². The molecule has 2 aromatic rings. The van der Waals surface area contributed by atoms with Crippen molar-refractivity contribution >= 4 is 29.3 Å². The van der Waals surface area contributed by atoms with Gasteiger partial charge < -0.3 is 15.4 Å². The Bertz CT molecular complexity index is 853. The van der Waals surface area contributed by atoms with Crippen LogP contribution in [0.2, 0.25) is 0 Å². The molecule has 0 spiro atoms. The molecule has 2 N–H and O–H groups in total. The van der Waals surface area contributed by atoms with Crippen molar-refractivity contribution < 1.29 is 14.3 Å². The number of nitrogens with one attached hydrogen (secondary N) is 2. The lowest BCUT2D eigenvalue weighted by Crippen LogP contribution is -2.44. The highest BCUT2D eigenvalue weighted by atomic mass is 32.2. The number of amides is 2. The zero-order valence-corrected chi connectivity index (χ0v) is 17.1. The van der Waals surface area contributed by atoms with Gasteiger partial charge in [0.25, 0.3) is 5.91 Å². The summed E-state index contributed by atoms with van der Waals surface area (Å²) in [4.78, 5) is 25.6. The second-order valence-electron chi connectivity index (χ2n) is 6.83.